The van der Waals surface area contributed by atoms with Crippen molar-refractivity contribution in [2.45, 2.75) is 17.7 Å². The van der Waals surface area contributed by atoms with Gasteiger partial charge in [0.25, 0.3) is 10.0 Å². The number of benzene rings is 2. The Morgan fingerprint density at radius 3 is 2.70 bits per heavy atom. The van der Waals surface area contributed by atoms with Crippen LogP contribution in [0.25, 0.3) is 5.57 Å². The van der Waals surface area contributed by atoms with Crippen LogP contribution in [0.15, 0.2) is 57.9 Å². The first-order valence-corrected chi connectivity index (χ1v) is 11.3. The molecule has 0 unspecified atom stereocenters. The number of anilines is 1. The highest BCUT2D eigenvalue weighted by Crippen LogP contribution is 2.39. The van der Waals surface area contributed by atoms with Gasteiger partial charge in [-0.15, -0.1) is 0 Å². The molecule has 0 bridgehead atoms. The molecular weight excluding hydrogens is 428 g/mol. The maximum atomic E-state index is 12.7. The van der Waals surface area contributed by atoms with Gasteiger partial charge in [-0.2, -0.15) is 0 Å². The van der Waals surface area contributed by atoms with Crippen LogP contribution >= 0.6 is 15.9 Å². The van der Waals surface area contributed by atoms with Crippen LogP contribution in [0.3, 0.4) is 0 Å². The van der Waals surface area contributed by atoms with E-state index in [1.165, 1.54) is 5.57 Å². The zero-order valence-electron chi connectivity index (χ0n) is 14.7. The maximum Gasteiger partial charge on any atom is 0.261 e. The average Bonchev–Trinajstić information content (AvgIpc) is 2.68. The molecule has 0 radical (unpaired) electrons. The predicted molar refractivity (Wildman–Crippen MR) is 110 cm³/mol. The molecule has 2 aromatic rings. The van der Waals surface area contributed by atoms with Crippen molar-refractivity contribution in [3.05, 3.63) is 58.6 Å². The van der Waals surface area contributed by atoms with Crippen LogP contribution in [0, 0.1) is 5.92 Å². The van der Waals surface area contributed by atoms with E-state index >= 15 is 0 Å². The molecule has 2 heterocycles. The van der Waals surface area contributed by atoms with E-state index in [0.717, 1.165) is 41.7 Å². The van der Waals surface area contributed by atoms with E-state index in [1.807, 2.05) is 12.1 Å². The van der Waals surface area contributed by atoms with Crippen molar-refractivity contribution in [2.24, 2.45) is 5.92 Å². The van der Waals surface area contributed by atoms with Gasteiger partial charge in [-0.3, -0.25) is 4.72 Å². The number of hydrogen-bond donors (Lipinski definition) is 2. The van der Waals surface area contributed by atoms with Gasteiger partial charge in [-0.25, -0.2) is 8.42 Å². The van der Waals surface area contributed by atoms with Crippen molar-refractivity contribution in [3.8, 4) is 5.75 Å². The Bertz CT molecular complexity index is 982. The molecular formula is C20H21BrN2O3S. The predicted octanol–water partition coefficient (Wildman–Crippen LogP) is 4.03. The van der Waals surface area contributed by atoms with Gasteiger partial charge in [0, 0.05) is 15.7 Å². The van der Waals surface area contributed by atoms with Gasteiger partial charge in [0.1, 0.15) is 12.4 Å². The van der Waals surface area contributed by atoms with Crippen LogP contribution < -0.4 is 14.8 Å². The number of allylic oxidation sites excluding steroid dienone is 1. The third-order valence-electron chi connectivity index (χ3n) is 4.97. The molecule has 4 rings (SSSR count). The molecule has 0 amide bonds. The summed E-state index contributed by atoms with van der Waals surface area (Å²) in [6, 6.07) is 12.2. The fourth-order valence-electron chi connectivity index (χ4n) is 3.64. The molecule has 2 aromatic carbocycles. The van der Waals surface area contributed by atoms with Crippen molar-refractivity contribution < 1.29 is 13.2 Å². The van der Waals surface area contributed by atoms with Crippen LogP contribution in [0.4, 0.5) is 5.69 Å². The van der Waals surface area contributed by atoms with Gasteiger partial charge < -0.3 is 10.1 Å². The number of nitrogens with one attached hydrogen (secondary N) is 2. The Hall–Kier alpha value is -1.83. The minimum absolute atomic E-state index is 0.222. The van der Waals surface area contributed by atoms with Crippen LogP contribution in [-0.4, -0.2) is 28.1 Å². The number of rotatable bonds is 4. The van der Waals surface area contributed by atoms with Gasteiger partial charge in [0.05, 0.1) is 4.90 Å². The first-order chi connectivity index (χ1) is 13.0. The summed E-state index contributed by atoms with van der Waals surface area (Å²) in [5.41, 5.74) is 2.79. The van der Waals surface area contributed by atoms with Crippen LogP contribution in [0.5, 0.6) is 5.75 Å². The van der Waals surface area contributed by atoms with Gasteiger partial charge in [0.2, 0.25) is 0 Å². The number of sulfonamides is 1. The molecule has 2 N–H and O–H groups in total. The SMILES string of the molecule is O=S(=O)(Nc1ccc2c(c1)C(C1CCNCC1)=CCO2)c1cccc(Br)c1. The fourth-order valence-corrected chi connectivity index (χ4v) is 5.29. The van der Waals surface area contributed by atoms with Crippen LogP contribution in [0.1, 0.15) is 18.4 Å². The minimum atomic E-state index is -3.65. The second-order valence-corrected chi connectivity index (χ2v) is 9.37. The van der Waals surface area contributed by atoms with E-state index in [9.17, 15) is 8.42 Å². The lowest BCUT2D eigenvalue weighted by Gasteiger charge is -2.29. The molecule has 2 aliphatic rings. The lowest BCUT2D eigenvalue weighted by Crippen LogP contribution is -2.29. The van der Waals surface area contributed by atoms with E-state index in [4.69, 9.17) is 4.74 Å². The lowest BCUT2D eigenvalue weighted by molar-refractivity contribution is 0.351. The van der Waals surface area contributed by atoms with E-state index in [0.29, 0.717) is 18.2 Å². The zero-order valence-corrected chi connectivity index (χ0v) is 17.1. The Balaban J connectivity index is 1.63. The Morgan fingerprint density at radius 1 is 1.11 bits per heavy atom. The smallest absolute Gasteiger partial charge is 0.261 e. The molecule has 0 aromatic heterocycles. The molecule has 27 heavy (non-hydrogen) atoms. The Kier molecular flexibility index (Phi) is 5.25. The van der Waals surface area contributed by atoms with E-state index < -0.39 is 10.0 Å². The highest BCUT2D eigenvalue weighted by atomic mass is 79.9. The van der Waals surface area contributed by atoms with Crippen LogP contribution in [-0.2, 0) is 10.0 Å². The number of halogens is 1. The highest BCUT2D eigenvalue weighted by Gasteiger charge is 2.24. The van der Waals surface area contributed by atoms with E-state index in [-0.39, 0.29) is 4.90 Å². The summed E-state index contributed by atoms with van der Waals surface area (Å²) in [5.74, 6) is 1.29. The molecule has 0 spiro atoms. The Labute approximate surface area is 168 Å². The normalized spacial score (nSPS) is 17.6. The van der Waals surface area contributed by atoms with Crippen LogP contribution in [0.2, 0.25) is 0 Å². The third kappa shape index (κ3) is 4.05. The first-order valence-electron chi connectivity index (χ1n) is 8.99. The fraction of sp³-hybridized carbons (Fsp3) is 0.300. The second kappa shape index (κ2) is 7.66. The standard InChI is InChI=1S/C20H21BrN2O3S/c21-15-2-1-3-17(12-15)27(24,25)23-16-4-5-20-19(13-16)18(8-11-26-20)14-6-9-22-10-7-14/h1-5,8,12-14,22-23H,6-7,9-11H2. The molecule has 5 nitrogen and oxygen atoms in total. The minimum Gasteiger partial charge on any atom is -0.489 e. The summed E-state index contributed by atoms with van der Waals surface area (Å²) in [7, 11) is -3.65. The van der Waals surface area contributed by atoms with Gasteiger partial charge in [-0.05, 0) is 79.9 Å². The maximum absolute atomic E-state index is 12.7. The van der Waals surface area contributed by atoms with Gasteiger partial charge in [0.15, 0.2) is 0 Å². The highest BCUT2D eigenvalue weighted by molar-refractivity contribution is 9.10. The van der Waals surface area contributed by atoms with Crippen molar-refractivity contribution >= 4 is 37.2 Å². The lowest BCUT2D eigenvalue weighted by atomic mass is 9.84. The quantitative estimate of drug-likeness (QED) is 0.740. The monoisotopic (exact) mass is 448 g/mol. The molecule has 7 heteroatoms. The van der Waals surface area contributed by atoms with Crippen molar-refractivity contribution in [1.82, 2.24) is 5.32 Å². The summed E-state index contributed by atoms with van der Waals surface area (Å²) in [6.45, 7) is 2.58. The molecule has 0 aliphatic carbocycles. The van der Waals surface area contributed by atoms with Crippen molar-refractivity contribution in [1.29, 1.82) is 0 Å². The number of hydrogen-bond acceptors (Lipinski definition) is 4. The molecule has 0 atom stereocenters. The molecule has 142 valence electrons. The van der Waals surface area contributed by atoms with Crippen molar-refractivity contribution in [3.63, 3.8) is 0 Å². The Morgan fingerprint density at radius 2 is 1.93 bits per heavy atom. The van der Waals surface area contributed by atoms with Crippen molar-refractivity contribution in [2.75, 3.05) is 24.4 Å². The summed E-state index contributed by atoms with van der Waals surface area (Å²) >= 11 is 3.32. The van der Waals surface area contributed by atoms with E-state index in [1.54, 1.807) is 30.3 Å². The molecule has 1 fully saturated rings. The number of fused-ring (bicyclic) bond motifs is 1. The average molecular weight is 449 g/mol. The molecule has 2 aliphatic heterocycles. The molecule has 1 saturated heterocycles. The number of piperidine rings is 1. The molecule has 0 saturated carbocycles. The summed E-state index contributed by atoms with van der Waals surface area (Å²) in [6.07, 6.45) is 4.30. The summed E-state index contributed by atoms with van der Waals surface area (Å²) in [5, 5.41) is 3.39. The first kappa shape index (κ1) is 18.5. The largest absolute Gasteiger partial charge is 0.489 e. The topological polar surface area (TPSA) is 67.4 Å². The van der Waals surface area contributed by atoms with Gasteiger partial charge in [-0.1, -0.05) is 22.0 Å². The third-order valence-corrected chi connectivity index (χ3v) is 6.84. The van der Waals surface area contributed by atoms with E-state index in [2.05, 4.69) is 32.0 Å². The van der Waals surface area contributed by atoms with Gasteiger partial charge >= 0.3 is 0 Å². The summed E-state index contributed by atoms with van der Waals surface area (Å²) < 4.78 is 34.6. The zero-order chi connectivity index (χ0) is 18.9. The summed E-state index contributed by atoms with van der Waals surface area (Å²) in [4.78, 5) is 0.222. The number of ether oxygens (including phenoxy) is 1. The second-order valence-electron chi connectivity index (χ2n) is 6.77.